The smallest absolute Gasteiger partial charge is 0.372 e. The quantitative estimate of drug-likeness (QED) is 0.756. The fraction of sp³-hybridized carbons (Fsp3) is 0.308. The second-order valence-corrected chi connectivity index (χ2v) is 5.01. The molecule has 0 saturated heterocycles. The molecular weight excluding hydrogens is 266 g/mol. The average Bonchev–Trinajstić information content (AvgIpc) is 2.98. The summed E-state index contributed by atoms with van der Waals surface area (Å²) in [6, 6.07) is 3.56. The Balaban J connectivity index is 1.86. The molecule has 1 unspecified atom stereocenters. The van der Waals surface area contributed by atoms with Gasteiger partial charge in [-0.2, -0.15) is 11.3 Å². The van der Waals surface area contributed by atoms with Gasteiger partial charge in [0.1, 0.15) is 5.76 Å². The van der Waals surface area contributed by atoms with Gasteiger partial charge in [-0.05, 0) is 35.4 Å². The number of furan rings is 1. The molecule has 0 aromatic carbocycles. The first-order valence-electron chi connectivity index (χ1n) is 5.81. The number of aliphatic hydroxyl groups is 1. The van der Waals surface area contributed by atoms with Crippen LogP contribution in [0.5, 0.6) is 0 Å². The molecule has 102 valence electrons. The molecule has 0 aliphatic heterocycles. The Morgan fingerprint density at radius 2 is 2.37 bits per heavy atom. The molecule has 0 fully saturated rings. The van der Waals surface area contributed by atoms with E-state index in [9.17, 15) is 9.90 Å². The van der Waals surface area contributed by atoms with Crippen LogP contribution in [0.15, 0.2) is 27.3 Å². The van der Waals surface area contributed by atoms with Crippen molar-refractivity contribution >= 4 is 17.3 Å². The Labute approximate surface area is 114 Å². The summed E-state index contributed by atoms with van der Waals surface area (Å²) >= 11 is 1.53. The molecule has 2 rings (SSSR count). The van der Waals surface area contributed by atoms with E-state index in [1.165, 1.54) is 11.3 Å². The Morgan fingerprint density at radius 1 is 1.58 bits per heavy atom. The molecule has 0 aliphatic carbocycles. The standard InChI is InChI=1S/C13H15NO4S/c1-8-4-10(18-12(8)13(16)17)5-14-6-11(15)9-2-3-19-7-9/h2-4,7,11,14-15H,5-6H2,1H3,(H,16,17). The number of carboxylic acids is 1. The first-order chi connectivity index (χ1) is 9.08. The van der Waals surface area contributed by atoms with Gasteiger partial charge in [0.05, 0.1) is 12.6 Å². The topological polar surface area (TPSA) is 82.7 Å². The molecule has 19 heavy (non-hydrogen) atoms. The van der Waals surface area contributed by atoms with Crippen LogP contribution in [0.2, 0.25) is 0 Å². The lowest BCUT2D eigenvalue weighted by molar-refractivity contribution is 0.0658. The maximum absolute atomic E-state index is 10.8. The van der Waals surface area contributed by atoms with Crippen LogP contribution in [0.25, 0.3) is 0 Å². The third kappa shape index (κ3) is 3.44. The van der Waals surface area contributed by atoms with Gasteiger partial charge in [0.15, 0.2) is 0 Å². The third-order valence-electron chi connectivity index (χ3n) is 2.73. The van der Waals surface area contributed by atoms with E-state index in [1.54, 1.807) is 13.0 Å². The highest BCUT2D eigenvalue weighted by Crippen LogP contribution is 2.16. The summed E-state index contributed by atoms with van der Waals surface area (Å²) in [6.45, 7) is 2.46. The molecule has 2 aromatic heterocycles. The van der Waals surface area contributed by atoms with E-state index in [0.29, 0.717) is 24.4 Å². The molecule has 0 spiro atoms. The van der Waals surface area contributed by atoms with Crippen molar-refractivity contribution in [2.45, 2.75) is 19.6 Å². The predicted octanol–water partition coefficient (Wildman–Crippen LogP) is 2.17. The molecule has 3 N–H and O–H groups in total. The van der Waals surface area contributed by atoms with Crippen LogP contribution >= 0.6 is 11.3 Å². The molecule has 6 heteroatoms. The first kappa shape index (κ1) is 13.8. The van der Waals surface area contributed by atoms with E-state index in [1.807, 2.05) is 16.8 Å². The number of aromatic carboxylic acids is 1. The van der Waals surface area contributed by atoms with Gasteiger partial charge in [0.25, 0.3) is 0 Å². The number of aliphatic hydroxyl groups excluding tert-OH is 1. The van der Waals surface area contributed by atoms with Gasteiger partial charge < -0.3 is 19.9 Å². The van der Waals surface area contributed by atoms with Crippen molar-refractivity contribution in [2.24, 2.45) is 0 Å². The minimum Gasteiger partial charge on any atom is -0.475 e. The van der Waals surface area contributed by atoms with Crippen molar-refractivity contribution in [3.8, 4) is 0 Å². The Morgan fingerprint density at radius 3 is 2.95 bits per heavy atom. The molecule has 0 radical (unpaired) electrons. The van der Waals surface area contributed by atoms with Gasteiger partial charge in [-0.15, -0.1) is 0 Å². The summed E-state index contributed by atoms with van der Waals surface area (Å²) in [5, 5.41) is 25.6. The van der Waals surface area contributed by atoms with Crippen molar-refractivity contribution in [3.05, 3.63) is 45.5 Å². The molecule has 0 aliphatic rings. The highest BCUT2D eigenvalue weighted by molar-refractivity contribution is 7.07. The number of thiophene rings is 1. The largest absolute Gasteiger partial charge is 0.475 e. The van der Waals surface area contributed by atoms with E-state index in [2.05, 4.69) is 5.32 Å². The van der Waals surface area contributed by atoms with Gasteiger partial charge in [0.2, 0.25) is 5.76 Å². The Bertz CT molecular complexity index is 547. The van der Waals surface area contributed by atoms with E-state index < -0.39 is 12.1 Å². The first-order valence-corrected chi connectivity index (χ1v) is 6.75. The number of hydrogen-bond donors (Lipinski definition) is 3. The fourth-order valence-corrected chi connectivity index (χ4v) is 2.47. The minimum atomic E-state index is -1.07. The van der Waals surface area contributed by atoms with Crippen LogP contribution in [0.4, 0.5) is 0 Å². The van der Waals surface area contributed by atoms with Crippen LogP contribution < -0.4 is 5.32 Å². The van der Waals surface area contributed by atoms with E-state index >= 15 is 0 Å². The predicted molar refractivity (Wildman–Crippen MR) is 71.4 cm³/mol. The lowest BCUT2D eigenvalue weighted by Crippen LogP contribution is -2.20. The van der Waals surface area contributed by atoms with Crippen LogP contribution in [0, 0.1) is 6.92 Å². The van der Waals surface area contributed by atoms with Crippen molar-refractivity contribution in [1.82, 2.24) is 5.32 Å². The van der Waals surface area contributed by atoms with Gasteiger partial charge in [0, 0.05) is 12.1 Å². The molecule has 0 bridgehead atoms. The second-order valence-electron chi connectivity index (χ2n) is 4.23. The summed E-state index contributed by atoms with van der Waals surface area (Å²) in [5.74, 6) is -0.551. The van der Waals surface area contributed by atoms with Crippen molar-refractivity contribution in [3.63, 3.8) is 0 Å². The maximum atomic E-state index is 10.8. The molecule has 1 atom stereocenters. The maximum Gasteiger partial charge on any atom is 0.372 e. The van der Waals surface area contributed by atoms with Crippen LogP contribution in [0.3, 0.4) is 0 Å². The Hall–Kier alpha value is -1.63. The SMILES string of the molecule is Cc1cc(CNCC(O)c2ccsc2)oc1C(=O)O. The summed E-state index contributed by atoms with van der Waals surface area (Å²) in [5.41, 5.74) is 1.47. The van der Waals surface area contributed by atoms with E-state index in [0.717, 1.165) is 5.56 Å². The Kier molecular flexibility index (Phi) is 4.36. The lowest BCUT2D eigenvalue weighted by atomic mass is 10.2. The lowest BCUT2D eigenvalue weighted by Gasteiger charge is -2.09. The van der Waals surface area contributed by atoms with Gasteiger partial charge >= 0.3 is 5.97 Å². The summed E-state index contributed by atoms with van der Waals surface area (Å²) in [6.07, 6.45) is -0.568. The zero-order chi connectivity index (χ0) is 13.8. The number of hydrogen-bond acceptors (Lipinski definition) is 5. The molecule has 0 amide bonds. The summed E-state index contributed by atoms with van der Waals surface area (Å²) < 4.78 is 5.21. The zero-order valence-electron chi connectivity index (χ0n) is 10.4. The molecule has 5 nitrogen and oxygen atoms in total. The summed E-state index contributed by atoms with van der Waals surface area (Å²) in [7, 11) is 0. The molecule has 2 aromatic rings. The molecule has 0 saturated carbocycles. The highest BCUT2D eigenvalue weighted by atomic mass is 32.1. The normalized spacial score (nSPS) is 12.5. The zero-order valence-corrected chi connectivity index (χ0v) is 11.2. The van der Waals surface area contributed by atoms with E-state index in [4.69, 9.17) is 9.52 Å². The minimum absolute atomic E-state index is 0.0322. The van der Waals surface area contributed by atoms with Crippen molar-refractivity contribution in [2.75, 3.05) is 6.54 Å². The van der Waals surface area contributed by atoms with Gasteiger partial charge in [-0.25, -0.2) is 4.79 Å². The van der Waals surface area contributed by atoms with Crippen LogP contribution in [-0.4, -0.2) is 22.7 Å². The highest BCUT2D eigenvalue weighted by Gasteiger charge is 2.14. The number of nitrogens with one attached hydrogen (secondary N) is 1. The number of aryl methyl sites for hydroxylation is 1. The molecule has 2 heterocycles. The van der Waals surface area contributed by atoms with Crippen LogP contribution in [0.1, 0.15) is 33.5 Å². The van der Waals surface area contributed by atoms with Gasteiger partial charge in [-0.1, -0.05) is 0 Å². The third-order valence-corrected chi connectivity index (χ3v) is 3.43. The summed E-state index contributed by atoms with van der Waals surface area (Å²) in [4.78, 5) is 10.8. The number of carbonyl (C=O) groups is 1. The average molecular weight is 281 g/mol. The van der Waals surface area contributed by atoms with Gasteiger partial charge in [-0.3, -0.25) is 0 Å². The van der Waals surface area contributed by atoms with E-state index in [-0.39, 0.29) is 5.76 Å². The number of carboxylic acid groups (broad SMARTS) is 1. The second kappa shape index (κ2) is 6.01. The number of rotatable bonds is 6. The monoisotopic (exact) mass is 281 g/mol. The van der Waals surface area contributed by atoms with Crippen molar-refractivity contribution in [1.29, 1.82) is 0 Å². The van der Waals surface area contributed by atoms with Crippen molar-refractivity contribution < 1.29 is 19.4 Å². The fourth-order valence-electron chi connectivity index (χ4n) is 1.76. The molecular formula is C13H15NO4S. The van der Waals surface area contributed by atoms with Crippen LogP contribution in [-0.2, 0) is 6.54 Å².